The Bertz CT molecular complexity index is 527. The van der Waals surface area contributed by atoms with E-state index in [9.17, 15) is 0 Å². The van der Waals surface area contributed by atoms with Crippen LogP contribution in [0.3, 0.4) is 0 Å². The summed E-state index contributed by atoms with van der Waals surface area (Å²) in [6.45, 7) is 5.32. The highest BCUT2D eigenvalue weighted by Gasteiger charge is 2.39. The molecular weight excluding hydrogens is 431 g/mol. The fourth-order valence-electron chi connectivity index (χ4n) is 2.87. The van der Waals surface area contributed by atoms with Crippen LogP contribution in [-0.2, 0) is 20.8 Å². The zero-order chi connectivity index (χ0) is 18.1. The quantitative estimate of drug-likeness (QED) is 0.216. The molecule has 25 heavy (non-hydrogen) atoms. The predicted octanol–water partition coefficient (Wildman–Crippen LogP) is 4.89. The fourth-order valence-corrected chi connectivity index (χ4v) is 3.49. The molecule has 2 rings (SSSR count). The van der Waals surface area contributed by atoms with Crippen LogP contribution in [0.2, 0.25) is 0 Å². The van der Waals surface area contributed by atoms with E-state index in [4.69, 9.17) is 18.9 Å². The first-order valence-electron chi connectivity index (χ1n) is 8.81. The Kier molecular flexibility index (Phi) is 8.69. The van der Waals surface area contributed by atoms with Crippen molar-refractivity contribution in [1.82, 2.24) is 0 Å². The van der Waals surface area contributed by atoms with Gasteiger partial charge in [-0.25, -0.2) is 0 Å². The number of hydrogen-bond donors (Lipinski definition) is 0. The lowest BCUT2D eigenvalue weighted by Gasteiger charge is -2.16. The van der Waals surface area contributed by atoms with Gasteiger partial charge in [0.25, 0.3) is 0 Å². The average Bonchev–Trinajstić information content (AvgIpc) is 2.88. The van der Waals surface area contributed by atoms with Crippen LogP contribution in [0.15, 0.2) is 36.4 Å². The molecule has 1 heterocycles. The number of alkyl halides is 1. The highest BCUT2D eigenvalue weighted by Crippen LogP contribution is 2.32. The molecule has 0 aromatic heterocycles. The normalized spacial score (nSPS) is 22.6. The Morgan fingerprint density at radius 1 is 1.12 bits per heavy atom. The second-order valence-corrected chi connectivity index (χ2v) is 7.67. The molecule has 1 aromatic rings. The van der Waals surface area contributed by atoms with Crippen molar-refractivity contribution >= 4 is 22.6 Å². The van der Waals surface area contributed by atoms with Crippen molar-refractivity contribution in [2.45, 2.75) is 57.7 Å². The molecular formula is C20H29IO4. The predicted molar refractivity (Wildman–Crippen MR) is 108 cm³/mol. The summed E-state index contributed by atoms with van der Waals surface area (Å²) in [6, 6.07) is 7.97. The Hall–Kier alpha value is -0.630. The molecule has 1 saturated heterocycles. The third kappa shape index (κ3) is 7.25. The van der Waals surface area contributed by atoms with Gasteiger partial charge in [0.2, 0.25) is 0 Å². The molecule has 2 atom stereocenters. The maximum Gasteiger partial charge on any atom is 0.163 e. The summed E-state index contributed by atoms with van der Waals surface area (Å²) < 4.78 is 23.9. The highest BCUT2D eigenvalue weighted by atomic mass is 127. The van der Waals surface area contributed by atoms with Gasteiger partial charge in [0.15, 0.2) is 5.79 Å². The van der Waals surface area contributed by atoms with E-state index in [1.165, 1.54) is 0 Å². The van der Waals surface area contributed by atoms with Crippen LogP contribution in [0.4, 0.5) is 0 Å². The SMILES string of the molecule is COc1ccc(COCC/C=C\CC2OC(C)(C)O[C@H]2CCI)cc1. The lowest BCUT2D eigenvalue weighted by Crippen LogP contribution is -2.22. The molecule has 0 radical (unpaired) electrons. The van der Waals surface area contributed by atoms with Crippen LogP contribution in [0.5, 0.6) is 5.75 Å². The van der Waals surface area contributed by atoms with E-state index in [0.29, 0.717) is 13.2 Å². The summed E-state index contributed by atoms with van der Waals surface area (Å²) in [4.78, 5) is 0. The van der Waals surface area contributed by atoms with Crippen LogP contribution in [-0.4, -0.2) is 36.1 Å². The number of rotatable bonds is 10. The number of halogens is 1. The van der Waals surface area contributed by atoms with Crippen LogP contribution in [0, 0.1) is 0 Å². The molecule has 0 spiro atoms. The van der Waals surface area contributed by atoms with Crippen LogP contribution < -0.4 is 4.74 Å². The first kappa shape index (κ1) is 20.7. The van der Waals surface area contributed by atoms with Crippen molar-refractivity contribution in [1.29, 1.82) is 0 Å². The van der Waals surface area contributed by atoms with E-state index in [0.717, 1.165) is 35.0 Å². The van der Waals surface area contributed by atoms with Gasteiger partial charge >= 0.3 is 0 Å². The smallest absolute Gasteiger partial charge is 0.163 e. The molecule has 1 unspecified atom stereocenters. The first-order valence-corrected chi connectivity index (χ1v) is 10.3. The van der Waals surface area contributed by atoms with Gasteiger partial charge in [0.1, 0.15) is 5.75 Å². The molecule has 1 aliphatic heterocycles. The van der Waals surface area contributed by atoms with Gasteiger partial charge in [-0.15, -0.1) is 0 Å². The van der Waals surface area contributed by atoms with Gasteiger partial charge in [-0.3, -0.25) is 0 Å². The monoisotopic (exact) mass is 460 g/mol. The second-order valence-electron chi connectivity index (χ2n) is 6.59. The van der Waals surface area contributed by atoms with Crippen molar-refractivity contribution in [2.75, 3.05) is 18.1 Å². The van der Waals surface area contributed by atoms with E-state index in [-0.39, 0.29) is 12.2 Å². The third-order valence-electron chi connectivity index (χ3n) is 4.07. The van der Waals surface area contributed by atoms with Crippen molar-refractivity contribution in [2.24, 2.45) is 0 Å². The first-order chi connectivity index (χ1) is 12.0. The molecule has 140 valence electrons. The van der Waals surface area contributed by atoms with Gasteiger partial charge < -0.3 is 18.9 Å². The summed E-state index contributed by atoms with van der Waals surface area (Å²) >= 11 is 2.39. The van der Waals surface area contributed by atoms with Crippen molar-refractivity contribution in [3.05, 3.63) is 42.0 Å². The molecule has 4 nitrogen and oxygen atoms in total. The minimum atomic E-state index is -0.462. The standard InChI is InChI=1S/C20H29IO4/c1-20(2)24-18(19(25-20)12-13-21)7-5-4-6-14-23-15-16-8-10-17(22-3)11-9-16/h4-5,8-11,18-19H,6-7,12-15H2,1-3H3/b5-4-/t18?,19-/m0/s1. The molecule has 0 bridgehead atoms. The third-order valence-corrected chi connectivity index (χ3v) is 4.69. The fraction of sp³-hybridized carbons (Fsp3) is 0.600. The summed E-state index contributed by atoms with van der Waals surface area (Å²) in [5.41, 5.74) is 1.16. The molecule has 0 amide bonds. The largest absolute Gasteiger partial charge is 0.497 e. The van der Waals surface area contributed by atoms with Gasteiger partial charge in [0, 0.05) is 4.43 Å². The molecule has 0 N–H and O–H groups in total. The van der Waals surface area contributed by atoms with Crippen molar-refractivity contribution in [3.63, 3.8) is 0 Å². The van der Waals surface area contributed by atoms with E-state index < -0.39 is 5.79 Å². The average molecular weight is 460 g/mol. The number of benzene rings is 1. The van der Waals surface area contributed by atoms with Crippen LogP contribution >= 0.6 is 22.6 Å². The van der Waals surface area contributed by atoms with E-state index in [2.05, 4.69) is 34.7 Å². The zero-order valence-corrected chi connectivity index (χ0v) is 17.5. The number of ether oxygens (including phenoxy) is 4. The molecule has 0 aliphatic carbocycles. The van der Waals surface area contributed by atoms with E-state index in [1.807, 2.05) is 38.1 Å². The summed E-state index contributed by atoms with van der Waals surface area (Å²) in [7, 11) is 1.67. The lowest BCUT2D eigenvalue weighted by atomic mass is 10.1. The summed E-state index contributed by atoms with van der Waals surface area (Å²) in [6.07, 6.45) is 7.54. The molecule has 1 aliphatic rings. The second kappa shape index (κ2) is 10.5. The Morgan fingerprint density at radius 3 is 2.52 bits per heavy atom. The van der Waals surface area contributed by atoms with Crippen molar-refractivity contribution < 1.29 is 18.9 Å². The Labute approximate surface area is 165 Å². The lowest BCUT2D eigenvalue weighted by molar-refractivity contribution is -0.146. The van der Waals surface area contributed by atoms with Gasteiger partial charge in [-0.05, 0) is 50.8 Å². The topological polar surface area (TPSA) is 36.9 Å². The molecule has 5 heteroatoms. The maximum absolute atomic E-state index is 6.00. The summed E-state index contributed by atoms with van der Waals surface area (Å²) in [5, 5.41) is 0. The Balaban J connectivity index is 1.62. The molecule has 1 aromatic carbocycles. The van der Waals surface area contributed by atoms with Gasteiger partial charge in [0.05, 0.1) is 32.5 Å². The maximum atomic E-state index is 6.00. The molecule has 0 saturated carbocycles. The Morgan fingerprint density at radius 2 is 1.84 bits per heavy atom. The number of methoxy groups -OCH3 is 1. The van der Waals surface area contributed by atoms with Gasteiger partial charge in [-0.1, -0.05) is 46.9 Å². The number of hydrogen-bond acceptors (Lipinski definition) is 4. The highest BCUT2D eigenvalue weighted by molar-refractivity contribution is 14.1. The summed E-state index contributed by atoms with van der Waals surface area (Å²) in [5.74, 6) is 0.407. The van der Waals surface area contributed by atoms with E-state index in [1.54, 1.807) is 7.11 Å². The van der Waals surface area contributed by atoms with Gasteiger partial charge in [-0.2, -0.15) is 0 Å². The van der Waals surface area contributed by atoms with Crippen LogP contribution in [0.1, 0.15) is 38.7 Å². The van der Waals surface area contributed by atoms with E-state index >= 15 is 0 Å². The minimum absolute atomic E-state index is 0.154. The minimum Gasteiger partial charge on any atom is -0.497 e. The zero-order valence-electron chi connectivity index (χ0n) is 15.4. The van der Waals surface area contributed by atoms with Crippen molar-refractivity contribution in [3.8, 4) is 5.75 Å². The molecule has 1 fully saturated rings. The van der Waals surface area contributed by atoms with Crippen LogP contribution in [0.25, 0.3) is 0 Å².